The Labute approximate surface area is 98.3 Å². The molecule has 0 saturated carbocycles. The van der Waals surface area contributed by atoms with Gasteiger partial charge in [0.25, 0.3) is 0 Å². The van der Waals surface area contributed by atoms with E-state index in [0.29, 0.717) is 0 Å². The maximum Gasteiger partial charge on any atom is -0.0184 e. The zero-order valence-corrected chi connectivity index (χ0v) is 9.98. The van der Waals surface area contributed by atoms with Gasteiger partial charge in [0.15, 0.2) is 0 Å². The van der Waals surface area contributed by atoms with Crippen molar-refractivity contribution in [1.29, 1.82) is 0 Å². The summed E-state index contributed by atoms with van der Waals surface area (Å²) in [6.07, 6.45) is 1.86. The summed E-state index contributed by atoms with van der Waals surface area (Å²) in [4.78, 5) is 0. The van der Waals surface area contributed by atoms with Crippen LogP contribution in [0.2, 0.25) is 0 Å². The lowest BCUT2D eigenvalue weighted by Crippen LogP contribution is -1.76. The minimum Gasteiger partial charge on any atom is -0.0985 e. The first kappa shape index (κ1) is 12.3. The Morgan fingerprint density at radius 2 is 1.25 bits per heavy atom. The molecule has 0 amide bonds. The maximum atomic E-state index is 3.73. The van der Waals surface area contributed by atoms with E-state index in [1.54, 1.807) is 0 Å². The topological polar surface area (TPSA) is 0 Å². The van der Waals surface area contributed by atoms with Gasteiger partial charge in [0, 0.05) is 0 Å². The minimum absolute atomic E-state index is 1.16. The summed E-state index contributed by atoms with van der Waals surface area (Å²) in [7, 11) is 0. The van der Waals surface area contributed by atoms with Gasteiger partial charge in [0.1, 0.15) is 0 Å². The van der Waals surface area contributed by atoms with E-state index in [0.717, 1.165) is 5.56 Å². The fourth-order valence-electron chi connectivity index (χ4n) is 1.44. The SMILES string of the molecule is C=Cc1ccc(-c2ccccc2)cc1.CC. The fraction of sp³-hybridized carbons (Fsp3) is 0.125. The molecule has 0 bridgehead atoms. The number of rotatable bonds is 2. The maximum absolute atomic E-state index is 3.73. The number of hydrogen-bond donors (Lipinski definition) is 0. The number of hydrogen-bond acceptors (Lipinski definition) is 0. The van der Waals surface area contributed by atoms with E-state index in [1.807, 2.05) is 26.0 Å². The van der Waals surface area contributed by atoms with Gasteiger partial charge < -0.3 is 0 Å². The second kappa shape index (κ2) is 6.62. The van der Waals surface area contributed by atoms with E-state index >= 15 is 0 Å². The molecule has 0 heterocycles. The zero-order chi connectivity index (χ0) is 11.8. The molecular formula is C16H18. The molecule has 0 aromatic heterocycles. The van der Waals surface area contributed by atoms with Gasteiger partial charge in [-0.2, -0.15) is 0 Å². The van der Waals surface area contributed by atoms with Gasteiger partial charge in [0.2, 0.25) is 0 Å². The highest BCUT2D eigenvalue weighted by Crippen LogP contribution is 2.19. The second-order valence-corrected chi connectivity index (χ2v) is 3.19. The lowest BCUT2D eigenvalue weighted by Gasteiger charge is -2.01. The lowest BCUT2D eigenvalue weighted by molar-refractivity contribution is 1.50. The molecule has 16 heavy (non-hydrogen) atoms. The second-order valence-electron chi connectivity index (χ2n) is 3.19. The van der Waals surface area contributed by atoms with Gasteiger partial charge >= 0.3 is 0 Å². The Morgan fingerprint density at radius 1 is 0.750 bits per heavy atom. The van der Waals surface area contributed by atoms with Crippen LogP contribution in [0.1, 0.15) is 19.4 Å². The molecule has 0 N–H and O–H groups in total. The van der Waals surface area contributed by atoms with Gasteiger partial charge in [-0.25, -0.2) is 0 Å². The highest BCUT2D eigenvalue weighted by molar-refractivity contribution is 5.65. The van der Waals surface area contributed by atoms with Crippen LogP contribution in [0.3, 0.4) is 0 Å². The third-order valence-corrected chi connectivity index (χ3v) is 2.25. The van der Waals surface area contributed by atoms with Gasteiger partial charge in [-0.1, -0.05) is 81.1 Å². The van der Waals surface area contributed by atoms with E-state index in [4.69, 9.17) is 0 Å². The lowest BCUT2D eigenvalue weighted by atomic mass is 10.0. The van der Waals surface area contributed by atoms with Crippen molar-refractivity contribution in [3.05, 3.63) is 66.7 Å². The average Bonchev–Trinajstić information content (AvgIpc) is 2.42. The fourth-order valence-corrected chi connectivity index (χ4v) is 1.44. The molecule has 0 atom stereocenters. The highest BCUT2D eigenvalue weighted by Gasteiger charge is 1.94. The molecule has 82 valence electrons. The van der Waals surface area contributed by atoms with Crippen molar-refractivity contribution >= 4 is 6.08 Å². The smallest absolute Gasteiger partial charge is 0.0184 e. The summed E-state index contributed by atoms with van der Waals surface area (Å²) >= 11 is 0. The predicted octanol–water partition coefficient (Wildman–Crippen LogP) is 5.02. The quantitative estimate of drug-likeness (QED) is 0.652. The van der Waals surface area contributed by atoms with Crippen molar-refractivity contribution in [2.24, 2.45) is 0 Å². The van der Waals surface area contributed by atoms with Crippen LogP contribution in [0.4, 0.5) is 0 Å². The molecule has 0 spiro atoms. The molecular weight excluding hydrogens is 192 g/mol. The molecule has 0 fully saturated rings. The highest BCUT2D eigenvalue weighted by atomic mass is 14.0. The molecule has 0 heteroatoms. The van der Waals surface area contributed by atoms with Crippen molar-refractivity contribution in [2.45, 2.75) is 13.8 Å². The molecule has 0 aliphatic carbocycles. The van der Waals surface area contributed by atoms with Crippen LogP contribution in [0.5, 0.6) is 0 Å². The predicted molar refractivity (Wildman–Crippen MR) is 73.3 cm³/mol. The van der Waals surface area contributed by atoms with Gasteiger partial charge in [-0.05, 0) is 16.7 Å². The first-order valence-corrected chi connectivity index (χ1v) is 5.68. The van der Waals surface area contributed by atoms with Crippen molar-refractivity contribution in [3.63, 3.8) is 0 Å². The Balaban J connectivity index is 0.000000606. The van der Waals surface area contributed by atoms with Gasteiger partial charge in [0.05, 0.1) is 0 Å². The Kier molecular flexibility index (Phi) is 5.07. The first-order chi connectivity index (χ1) is 7.90. The van der Waals surface area contributed by atoms with Crippen LogP contribution in [-0.2, 0) is 0 Å². The molecule has 0 unspecified atom stereocenters. The summed E-state index contributed by atoms with van der Waals surface area (Å²) in [5.74, 6) is 0. The standard InChI is InChI=1S/C14H12.C2H6/c1-2-12-8-10-14(11-9-12)13-6-4-3-5-7-13;1-2/h2-11H,1H2;1-2H3. The van der Waals surface area contributed by atoms with Crippen molar-refractivity contribution in [2.75, 3.05) is 0 Å². The molecule has 0 radical (unpaired) electrons. The normalized spacial score (nSPS) is 8.88. The number of benzene rings is 2. The van der Waals surface area contributed by atoms with Crippen LogP contribution < -0.4 is 0 Å². The monoisotopic (exact) mass is 210 g/mol. The van der Waals surface area contributed by atoms with Gasteiger partial charge in [-0.15, -0.1) is 0 Å². The summed E-state index contributed by atoms with van der Waals surface area (Å²) in [6.45, 7) is 7.73. The Hall–Kier alpha value is -1.82. The summed E-state index contributed by atoms with van der Waals surface area (Å²) < 4.78 is 0. The van der Waals surface area contributed by atoms with Crippen molar-refractivity contribution in [1.82, 2.24) is 0 Å². The third kappa shape index (κ3) is 3.09. The minimum atomic E-state index is 1.16. The van der Waals surface area contributed by atoms with Crippen molar-refractivity contribution < 1.29 is 0 Å². The van der Waals surface area contributed by atoms with Crippen LogP contribution in [0, 0.1) is 0 Å². The third-order valence-electron chi connectivity index (χ3n) is 2.25. The van der Waals surface area contributed by atoms with E-state index in [2.05, 4.69) is 55.1 Å². The van der Waals surface area contributed by atoms with Gasteiger partial charge in [-0.3, -0.25) is 0 Å². The Bertz CT molecular complexity index is 410. The molecule has 0 aliphatic rings. The summed E-state index contributed by atoms with van der Waals surface area (Å²) in [5.41, 5.74) is 3.66. The van der Waals surface area contributed by atoms with Crippen LogP contribution in [0.25, 0.3) is 17.2 Å². The van der Waals surface area contributed by atoms with Crippen LogP contribution >= 0.6 is 0 Å². The zero-order valence-electron chi connectivity index (χ0n) is 9.98. The van der Waals surface area contributed by atoms with E-state index in [-0.39, 0.29) is 0 Å². The van der Waals surface area contributed by atoms with E-state index < -0.39 is 0 Å². The molecule has 2 rings (SSSR count). The summed E-state index contributed by atoms with van der Waals surface area (Å²) in [6, 6.07) is 18.8. The molecule has 0 saturated heterocycles. The van der Waals surface area contributed by atoms with Crippen LogP contribution in [0.15, 0.2) is 61.2 Å². The molecule has 0 nitrogen and oxygen atoms in total. The molecule has 0 aliphatic heterocycles. The average molecular weight is 210 g/mol. The van der Waals surface area contributed by atoms with E-state index in [1.165, 1.54) is 11.1 Å². The molecule has 2 aromatic rings. The first-order valence-electron chi connectivity index (χ1n) is 5.68. The van der Waals surface area contributed by atoms with E-state index in [9.17, 15) is 0 Å². The van der Waals surface area contributed by atoms with Crippen molar-refractivity contribution in [3.8, 4) is 11.1 Å². The Morgan fingerprint density at radius 3 is 1.75 bits per heavy atom. The summed E-state index contributed by atoms with van der Waals surface area (Å²) in [5, 5.41) is 0. The molecule has 2 aromatic carbocycles. The largest absolute Gasteiger partial charge is 0.0985 e. The van der Waals surface area contributed by atoms with Crippen LogP contribution in [-0.4, -0.2) is 0 Å².